The van der Waals surface area contributed by atoms with Crippen LogP contribution in [0.2, 0.25) is 0 Å². The van der Waals surface area contributed by atoms with E-state index in [0.29, 0.717) is 5.56 Å². The smallest absolute Gasteiger partial charge is 0.322 e. The van der Waals surface area contributed by atoms with Crippen LogP contribution in [0.5, 0.6) is 0 Å². The minimum atomic E-state index is -3.56. The van der Waals surface area contributed by atoms with Crippen LogP contribution in [0.3, 0.4) is 0 Å². The molecule has 2 N–H and O–H groups in total. The van der Waals surface area contributed by atoms with Gasteiger partial charge in [0.1, 0.15) is 11.9 Å². The molecule has 0 spiro atoms. The Morgan fingerprint density at radius 2 is 2.10 bits per heavy atom. The van der Waals surface area contributed by atoms with Gasteiger partial charge >= 0.3 is 5.97 Å². The minimum Gasteiger partial charge on any atom is -0.468 e. The molecule has 1 heterocycles. The Morgan fingerprint density at radius 3 is 2.71 bits per heavy atom. The topological polar surface area (TPSA) is 84.5 Å². The number of benzene rings is 1. The fraction of sp³-hybridized carbons (Fsp3) is 0.462. The molecule has 2 rings (SSSR count). The van der Waals surface area contributed by atoms with E-state index >= 15 is 0 Å². The van der Waals surface area contributed by atoms with E-state index in [1.54, 1.807) is 0 Å². The van der Waals surface area contributed by atoms with Crippen molar-refractivity contribution in [3.8, 4) is 0 Å². The van der Waals surface area contributed by atoms with E-state index < -0.39 is 27.3 Å². The van der Waals surface area contributed by atoms with Gasteiger partial charge < -0.3 is 10.1 Å². The molecule has 1 aromatic rings. The van der Waals surface area contributed by atoms with Crippen LogP contribution in [-0.2, 0) is 26.1 Å². The van der Waals surface area contributed by atoms with Gasteiger partial charge in [-0.1, -0.05) is 12.1 Å². The Labute approximate surface area is 122 Å². The van der Waals surface area contributed by atoms with Crippen LogP contribution in [-0.4, -0.2) is 39.3 Å². The van der Waals surface area contributed by atoms with E-state index in [-0.39, 0.29) is 25.3 Å². The van der Waals surface area contributed by atoms with Gasteiger partial charge in [0, 0.05) is 13.1 Å². The second kappa shape index (κ2) is 6.50. The lowest BCUT2D eigenvalue weighted by atomic mass is 10.2. The predicted octanol–water partition coefficient (Wildman–Crippen LogP) is 0.149. The third-order valence-corrected chi connectivity index (χ3v) is 5.19. The number of esters is 1. The van der Waals surface area contributed by atoms with Gasteiger partial charge in [0.05, 0.1) is 12.4 Å². The highest BCUT2D eigenvalue weighted by molar-refractivity contribution is 7.90. The Balaban J connectivity index is 1.93. The van der Waals surface area contributed by atoms with E-state index in [1.807, 2.05) is 0 Å². The molecule has 1 aromatic carbocycles. The van der Waals surface area contributed by atoms with Crippen LogP contribution in [0.25, 0.3) is 0 Å². The molecule has 2 atom stereocenters. The number of sulfonamides is 1. The predicted molar refractivity (Wildman–Crippen MR) is 74.4 cm³/mol. The molecule has 1 aliphatic rings. The van der Waals surface area contributed by atoms with Gasteiger partial charge in [0.2, 0.25) is 10.0 Å². The van der Waals surface area contributed by atoms with Crippen molar-refractivity contribution in [3.05, 3.63) is 35.6 Å². The molecule has 0 radical (unpaired) electrons. The van der Waals surface area contributed by atoms with Crippen LogP contribution in [0.1, 0.15) is 12.0 Å². The summed E-state index contributed by atoms with van der Waals surface area (Å²) in [5.74, 6) is -0.839. The molecule has 1 saturated heterocycles. The lowest BCUT2D eigenvalue weighted by Gasteiger charge is -2.12. The highest BCUT2D eigenvalue weighted by Crippen LogP contribution is 2.15. The summed E-state index contributed by atoms with van der Waals surface area (Å²) in [4.78, 5) is 11.4. The van der Waals surface area contributed by atoms with Gasteiger partial charge in [0.25, 0.3) is 0 Å². The summed E-state index contributed by atoms with van der Waals surface area (Å²) in [6, 6.07) is 4.98. The minimum absolute atomic E-state index is 0.0853. The van der Waals surface area contributed by atoms with Crippen molar-refractivity contribution in [2.45, 2.75) is 24.3 Å². The number of carbonyl (C=O) groups excluding carboxylic acids is 1. The molecule has 0 bridgehead atoms. The molecule has 0 aliphatic carbocycles. The molecule has 0 amide bonds. The third-order valence-electron chi connectivity index (χ3n) is 3.41. The van der Waals surface area contributed by atoms with Gasteiger partial charge in [0.15, 0.2) is 0 Å². The molecule has 8 heteroatoms. The lowest BCUT2D eigenvalue weighted by molar-refractivity contribution is -0.142. The molecule has 116 valence electrons. The molecule has 6 nitrogen and oxygen atoms in total. The SMILES string of the molecule is COC(=O)C1CC(S(=O)(=O)NCc2ccc(F)cc2)CN1. The van der Waals surface area contributed by atoms with Crippen molar-refractivity contribution in [3.63, 3.8) is 0 Å². The average Bonchev–Trinajstić information content (AvgIpc) is 2.96. The number of ether oxygens (including phenoxy) is 1. The van der Waals surface area contributed by atoms with Gasteiger partial charge in [-0.3, -0.25) is 4.79 Å². The lowest BCUT2D eigenvalue weighted by Crippen LogP contribution is -2.35. The normalized spacial score (nSPS) is 22.2. The summed E-state index contributed by atoms with van der Waals surface area (Å²) in [6.45, 7) is 0.278. The van der Waals surface area contributed by atoms with Crippen LogP contribution in [0.15, 0.2) is 24.3 Å². The summed E-state index contributed by atoms with van der Waals surface area (Å²) >= 11 is 0. The molecule has 0 saturated carbocycles. The van der Waals surface area contributed by atoms with E-state index in [4.69, 9.17) is 0 Å². The maximum Gasteiger partial charge on any atom is 0.322 e. The summed E-state index contributed by atoms with van der Waals surface area (Å²) in [5, 5.41) is 2.13. The zero-order valence-electron chi connectivity index (χ0n) is 11.5. The summed E-state index contributed by atoms with van der Waals surface area (Å²) in [7, 11) is -2.29. The van der Waals surface area contributed by atoms with Crippen LogP contribution in [0.4, 0.5) is 4.39 Å². The van der Waals surface area contributed by atoms with Gasteiger partial charge in [-0.15, -0.1) is 0 Å². The Kier molecular flexibility index (Phi) is 4.92. The monoisotopic (exact) mass is 316 g/mol. The zero-order chi connectivity index (χ0) is 15.5. The fourth-order valence-corrected chi connectivity index (χ4v) is 3.53. The number of rotatable bonds is 5. The number of nitrogens with one attached hydrogen (secondary N) is 2. The molecular formula is C13H17FN2O4S. The molecule has 1 aliphatic heterocycles. The van der Waals surface area contributed by atoms with Crippen molar-refractivity contribution in [1.29, 1.82) is 0 Å². The molecule has 1 fully saturated rings. The molecule has 0 aromatic heterocycles. The summed E-state index contributed by atoms with van der Waals surface area (Å²) in [6.07, 6.45) is 0.172. The first kappa shape index (κ1) is 15.9. The van der Waals surface area contributed by atoms with E-state index in [1.165, 1.54) is 31.4 Å². The standard InChI is InChI=1S/C13H17FN2O4S/c1-20-13(17)12-6-11(8-15-12)21(18,19)16-7-9-2-4-10(14)5-3-9/h2-5,11-12,15-16H,6-8H2,1H3. The van der Waals surface area contributed by atoms with Gasteiger partial charge in [-0.25, -0.2) is 17.5 Å². The molecular weight excluding hydrogens is 299 g/mol. The Bertz CT molecular complexity index is 603. The maximum absolute atomic E-state index is 12.8. The number of hydrogen-bond acceptors (Lipinski definition) is 5. The van der Waals surface area contributed by atoms with Crippen molar-refractivity contribution in [2.24, 2.45) is 0 Å². The summed E-state index contributed by atoms with van der Waals surface area (Å²) < 4.78 is 44.1. The second-order valence-corrected chi connectivity index (χ2v) is 6.88. The van der Waals surface area contributed by atoms with Crippen molar-refractivity contribution < 1.29 is 22.3 Å². The van der Waals surface area contributed by atoms with Gasteiger partial charge in [-0.05, 0) is 24.1 Å². The second-order valence-electron chi connectivity index (χ2n) is 4.83. The maximum atomic E-state index is 12.8. The van der Waals surface area contributed by atoms with Gasteiger partial charge in [-0.2, -0.15) is 0 Å². The van der Waals surface area contributed by atoms with Crippen molar-refractivity contribution >= 4 is 16.0 Å². The quantitative estimate of drug-likeness (QED) is 0.755. The fourth-order valence-electron chi connectivity index (χ4n) is 2.17. The van der Waals surface area contributed by atoms with Crippen molar-refractivity contribution in [2.75, 3.05) is 13.7 Å². The first-order chi connectivity index (χ1) is 9.92. The van der Waals surface area contributed by atoms with Crippen molar-refractivity contribution in [1.82, 2.24) is 10.0 Å². The third kappa shape index (κ3) is 3.99. The van der Waals surface area contributed by atoms with Crippen LogP contribution >= 0.6 is 0 Å². The Hall–Kier alpha value is -1.51. The highest BCUT2D eigenvalue weighted by atomic mass is 32.2. The number of halogens is 1. The van der Waals surface area contributed by atoms with E-state index in [9.17, 15) is 17.6 Å². The first-order valence-electron chi connectivity index (χ1n) is 6.46. The van der Waals surface area contributed by atoms with Crippen LogP contribution in [0, 0.1) is 5.82 Å². The first-order valence-corrected chi connectivity index (χ1v) is 8.01. The molecule has 21 heavy (non-hydrogen) atoms. The van der Waals surface area contributed by atoms with E-state index in [0.717, 1.165) is 0 Å². The highest BCUT2D eigenvalue weighted by Gasteiger charge is 2.37. The number of methoxy groups -OCH3 is 1. The number of carbonyl (C=O) groups is 1. The zero-order valence-corrected chi connectivity index (χ0v) is 12.3. The average molecular weight is 316 g/mol. The largest absolute Gasteiger partial charge is 0.468 e. The Morgan fingerprint density at radius 1 is 1.43 bits per heavy atom. The van der Waals surface area contributed by atoms with Crippen LogP contribution < -0.4 is 10.0 Å². The summed E-state index contributed by atoms with van der Waals surface area (Å²) in [5.41, 5.74) is 0.662. The molecule has 2 unspecified atom stereocenters. The van der Waals surface area contributed by atoms with E-state index in [2.05, 4.69) is 14.8 Å². The number of hydrogen-bond donors (Lipinski definition) is 2.